The van der Waals surface area contributed by atoms with Crippen molar-refractivity contribution < 1.29 is 9.59 Å². The zero-order chi connectivity index (χ0) is 19.5. The Hall–Kier alpha value is -2.93. The van der Waals surface area contributed by atoms with Gasteiger partial charge in [0.1, 0.15) is 5.82 Å². The smallest absolute Gasteiger partial charge is 0.256 e. The third-order valence-electron chi connectivity index (χ3n) is 4.73. The van der Waals surface area contributed by atoms with Crippen molar-refractivity contribution in [3.05, 3.63) is 76.4 Å². The summed E-state index contributed by atoms with van der Waals surface area (Å²) in [5, 5.41) is 7.24. The molecule has 3 aromatic rings. The van der Waals surface area contributed by atoms with E-state index in [1.54, 1.807) is 40.0 Å². The molecular weight excluding hydrogens is 420 g/mol. The first-order valence-electron chi connectivity index (χ1n) is 9.09. The molecule has 1 N–H and O–H groups in total. The average Bonchev–Trinajstić information content (AvgIpc) is 3.32. The third-order valence-corrected chi connectivity index (χ3v) is 5.50. The van der Waals surface area contributed by atoms with E-state index in [9.17, 15) is 9.59 Å². The molecule has 7 heteroatoms. The maximum absolute atomic E-state index is 12.8. The summed E-state index contributed by atoms with van der Waals surface area (Å²) in [7, 11) is 0. The lowest BCUT2D eigenvalue weighted by molar-refractivity contribution is -0.117. The fourth-order valence-corrected chi connectivity index (χ4v) is 3.69. The number of carbonyl (C=O) groups is 2. The van der Waals surface area contributed by atoms with Gasteiger partial charge in [-0.05, 0) is 36.2 Å². The van der Waals surface area contributed by atoms with E-state index in [-0.39, 0.29) is 11.8 Å². The highest BCUT2D eigenvalue weighted by molar-refractivity contribution is 9.10. The topological polar surface area (TPSA) is 67.2 Å². The Bertz CT molecular complexity index is 1030. The van der Waals surface area contributed by atoms with E-state index in [0.717, 1.165) is 22.1 Å². The number of anilines is 2. The Balaban J connectivity index is 1.51. The van der Waals surface area contributed by atoms with Crippen molar-refractivity contribution in [1.29, 1.82) is 0 Å². The SMILES string of the molecule is O=C(Nc1ccnn1Cc1ccccc1Br)c1cccc(N2CCCC2=O)c1. The lowest BCUT2D eigenvalue weighted by Gasteiger charge is -2.16. The number of benzene rings is 2. The molecule has 1 fully saturated rings. The van der Waals surface area contributed by atoms with Crippen LogP contribution in [0.15, 0.2) is 65.3 Å². The molecule has 0 atom stereocenters. The molecule has 1 aliphatic rings. The van der Waals surface area contributed by atoms with Gasteiger partial charge < -0.3 is 10.2 Å². The quantitative estimate of drug-likeness (QED) is 0.652. The molecule has 1 aromatic heterocycles. The van der Waals surface area contributed by atoms with Crippen LogP contribution < -0.4 is 10.2 Å². The molecule has 2 amide bonds. The van der Waals surface area contributed by atoms with Gasteiger partial charge in [-0.15, -0.1) is 0 Å². The Labute approximate surface area is 171 Å². The summed E-state index contributed by atoms with van der Waals surface area (Å²) in [6.07, 6.45) is 3.07. The van der Waals surface area contributed by atoms with Gasteiger partial charge in [0.25, 0.3) is 5.91 Å². The fourth-order valence-electron chi connectivity index (χ4n) is 3.28. The van der Waals surface area contributed by atoms with Gasteiger partial charge in [0.2, 0.25) is 5.91 Å². The van der Waals surface area contributed by atoms with E-state index in [1.807, 2.05) is 30.3 Å². The van der Waals surface area contributed by atoms with Gasteiger partial charge in [-0.2, -0.15) is 5.10 Å². The molecular formula is C21H19BrN4O2. The molecule has 0 unspecified atom stereocenters. The van der Waals surface area contributed by atoms with Crippen LogP contribution in [0.1, 0.15) is 28.8 Å². The first-order valence-corrected chi connectivity index (χ1v) is 9.88. The number of rotatable bonds is 5. The van der Waals surface area contributed by atoms with Gasteiger partial charge >= 0.3 is 0 Å². The summed E-state index contributed by atoms with van der Waals surface area (Å²) < 4.78 is 2.73. The van der Waals surface area contributed by atoms with Crippen molar-refractivity contribution in [3.8, 4) is 0 Å². The van der Waals surface area contributed by atoms with Crippen molar-refractivity contribution in [2.45, 2.75) is 19.4 Å². The predicted molar refractivity (Wildman–Crippen MR) is 111 cm³/mol. The highest BCUT2D eigenvalue weighted by Gasteiger charge is 2.22. The van der Waals surface area contributed by atoms with Gasteiger partial charge in [-0.1, -0.05) is 40.2 Å². The van der Waals surface area contributed by atoms with E-state index in [4.69, 9.17) is 0 Å². The molecule has 2 aromatic carbocycles. The first kappa shape index (κ1) is 18.4. The van der Waals surface area contributed by atoms with Crippen molar-refractivity contribution >= 4 is 39.2 Å². The number of aromatic nitrogens is 2. The standard InChI is InChI=1S/C21H19BrN4O2/c22-18-8-2-1-5-16(18)14-26-19(10-11-23-26)24-21(28)15-6-3-7-17(13-15)25-12-4-9-20(25)27/h1-3,5-8,10-11,13H,4,9,12,14H2,(H,24,28). The van der Waals surface area contributed by atoms with Gasteiger partial charge in [-0.3, -0.25) is 9.59 Å². The number of nitrogens with one attached hydrogen (secondary N) is 1. The van der Waals surface area contributed by atoms with Crippen LogP contribution in [0.4, 0.5) is 11.5 Å². The minimum Gasteiger partial charge on any atom is -0.312 e. The van der Waals surface area contributed by atoms with E-state index in [1.165, 1.54) is 0 Å². The lowest BCUT2D eigenvalue weighted by atomic mass is 10.1. The molecule has 1 aliphatic heterocycles. The van der Waals surface area contributed by atoms with Crippen LogP contribution in [0.5, 0.6) is 0 Å². The molecule has 4 rings (SSSR count). The summed E-state index contributed by atoms with van der Waals surface area (Å²) in [6, 6.07) is 16.8. The molecule has 2 heterocycles. The minimum absolute atomic E-state index is 0.101. The molecule has 1 saturated heterocycles. The number of hydrogen-bond donors (Lipinski definition) is 1. The predicted octanol–water partition coefficient (Wildman–Crippen LogP) is 4.07. The molecule has 6 nitrogen and oxygen atoms in total. The lowest BCUT2D eigenvalue weighted by Crippen LogP contribution is -2.24. The van der Waals surface area contributed by atoms with Gasteiger partial charge in [0, 0.05) is 34.8 Å². The molecule has 0 aliphatic carbocycles. The third kappa shape index (κ3) is 3.84. The van der Waals surface area contributed by atoms with E-state index >= 15 is 0 Å². The highest BCUT2D eigenvalue weighted by atomic mass is 79.9. The van der Waals surface area contributed by atoms with Crippen molar-refractivity contribution in [1.82, 2.24) is 9.78 Å². The van der Waals surface area contributed by atoms with Crippen LogP contribution in [-0.4, -0.2) is 28.1 Å². The van der Waals surface area contributed by atoms with E-state index in [2.05, 4.69) is 26.3 Å². The van der Waals surface area contributed by atoms with Gasteiger partial charge in [0.15, 0.2) is 0 Å². The number of nitrogens with zero attached hydrogens (tertiary/aromatic N) is 3. The van der Waals surface area contributed by atoms with Crippen molar-refractivity contribution in [2.24, 2.45) is 0 Å². The number of halogens is 1. The summed E-state index contributed by atoms with van der Waals surface area (Å²) in [4.78, 5) is 26.5. The maximum Gasteiger partial charge on any atom is 0.256 e. The second kappa shape index (κ2) is 7.98. The molecule has 28 heavy (non-hydrogen) atoms. The maximum atomic E-state index is 12.8. The zero-order valence-electron chi connectivity index (χ0n) is 15.1. The second-order valence-corrected chi connectivity index (χ2v) is 7.47. The largest absolute Gasteiger partial charge is 0.312 e. The first-order chi connectivity index (χ1) is 13.6. The number of hydrogen-bond acceptors (Lipinski definition) is 3. The minimum atomic E-state index is -0.234. The summed E-state index contributed by atoms with van der Waals surface area (Å²) in [5.74, 6) is 0.481. The second-order valence-electron chi connectivity index (χ2n) is 6.62. The molecule has 0 bridgehead atoms. The Morgan fingerprint density at radius 3 is 2.79 bits per heavy atom. The summed E-state index contributed by atoms with van der Waals surface area (Å²) >= 11 is 3.54. The molecule has 0 radical (unpaired) electrons. The zero-order valence-corrected chi connectivity index (χ0v) is 16.7. The Kier molecular flexibility index (Phi) is 5.25. The van der Waals surface area contributed by atoms with Crippen LogP contribution in [0.3, 0.4) is 0 Å². The van der Waals surface area contributed by atoms with E-state index in [0.29, 0.717) is 30.9 Å². The number of carbonyl (C=O) groups excluding carboxylic acids is 2. The monoisotopic (exact) mass is 438 g/mol. The van der Waals surface area contributed by atoms with Crippen LogP contribution in [0.2, 0.25) is 0 Å². The van der Waals surface area contributed by atoms with Crippen LogP contribution in [0, 0.1) is 0 Å². The van der Waals surface area contributed by atoms with Gasteiger partial charge in [-0.25, -0.2) is 4.68 Å². The van der Waals surface area contributed by atoms with Gasteiger partial charge in [0.05, 0.1) is 12.7 Å². The molecule has 142 valence electrons. The highest BCUT2D eigenvalue weighted by Crippen LogP contribution is 2.23. The normalized spacial score (nSPS) is 13.8. The molecule has 0 spiro atoms. The van der Waals surface area contributed by atoms with Crippen LogP contribution in [-0.2, 0) is 11.3 Å². The fraction of sp³-hybridized carbons (Fsp3) is 0.190. The average molecular weight is 439 g/mol. The molecule has 0 saturated carbocycles. The Morgan fingerprint density at radius 2 is 2.00 bits per heavy atom. The van der Waals surface area contributed by atoms with Crippen molar-refractivity contribution in [3.63, 3.8) is 0 Å². The van der Waals surface area contributed by atoms with Crippen LogP contribution in [0.25, 0.3) is 0 Å². The van der Waals surface area contributed by atoms with Crippen molar-refractivity contribution in [2.75, 3.05) is 16.8 Å². The van der Waals surface area contributed by atoms with Crippen LogP contribution >= 0.6 is 15.9 Å². The Morgan fingerprint density at radius 1 is 1.14 bits per heavy atom. The number of amides is 2. The summed E-state index contributed by atoms with van der Waals surface area (Å²) in [6.45, 7) is 1.23. The summed E-state index contributed by atoms with van der Waals surface area (Å²) in [5.41, 5.74) is 2.33. The van der Waals surface area contributed by atoms with E-state index < -0.39 is 0 Å².